The molecule has 0 saturated heterocycles. The average molecular weight is 440 g/mol. The van der Waals surface area contributed by atoms with E-state index in [1.165, 1.54) is 0 Å². The Morgan fingerprint density at radius 1 is 1.40 bits per heavy atom. The van der Waals surface area contributed by atoms with Crippen molar-refractivity contribution < 1.29 is 30.0 Å². The number of nitrogens with one attached hydrogen (secondary N) is 1. The predicted molar refractivity (Wildman–Crippen MR) is 88.5 cm³/mol. The van der Waals surface area contributed by atoms with Crippen LogP contribution in [-0.2, 0) is 20.0 Å². The van der Waals surface area contributed by atoms with Crippen LogP contribution < -0.4 is 10.5 Å². The SMILES string of the molecule is CN1C(CSC(F)C(F)F)Nc2cc(Cl)c(S(N)(=O)=O)cc2S1(=O)=O. The van der Waals surface area contributed by atoms with Gasteiger partial charge < -0.3 is 5.32 Å². The lowest BCUT2D eigenvalue weighted by molar-refractivity contribution is 0.0952. The number of nitrogens with two attached hydrogens (primary N) is 1. The van der Waals surface area contributed by atoms with E-state index in [0.29, 0.717) is 0 Å². The van der Waals surface area contributed by atoms with Crippen LogP contribution in [0.3, 0.4) is 0 Å². The van der Waals surface area contributed by atoms with Crippen LogP contribution in [0.1, 0.15) is 0 Å². The monoisotopic (exact) mass is 439 g/mol. The molecular formula is C11H13ClF3N3O4S3. The van der Waals surface area contributed by atoms with Crippen LogP contribution in [0.4, 0.5) is 18.9 Å². The molecule has 14 heteroatoms. The van der Waals surface area contributed by atoms with E-state index in [0.717, 1.165) is 23.5 Å². The van der Waals surface area contributed by atoms with E-state index in [9.17, 15) is 30.0 Å². The Balaban J connectivity index is 2.42. The molecule has 0 bridgehead atoms. The first-order valence-electron chi connectivity index (χ1n) is 6.50. The van der Waals surface area contributed by atoms with E-state index in [2.05, 4.69) is 5.32 Å². The summed E-state index contributed by atoms with van der Waals surface area (Å²) in [5, 5.41) is 7.39. The second-order valence-electron chi connectivity index (χ2n) is 5.02. The Morgan fingerprint density at radius 2 is 2.00 bits per heavy atom. The lowest BCUT2D eigenvalue weighted by atomic mass is 10.3. The van der Waals surface area contributed by atoms with E-state index in [4.69, 9.17) is 16.7 Å². The van der Waals surface area contributed by atoms with Crippen LogP contribution in [-0.4, -0.2) is 52.0 Å². The first-order chi connectivity index (χ1) is 11.4. The van der Waals surface area contributed by atoms with Crippen LogP contribution >= 0.6 is 23.4 Å². The van der Waals surface area contributed by atoms with Gasteiger partial charge in [-0.2, -0.15) is 4.31 Å². The van der Waals surface area contributed by atoms with Crippen molar-refractivity contribution in [3.63, 3.8) is 0 Å². The minimum atomic E-state index is -4.26. The van der Waals surface area contributed by atoms with Crippen molar-refractivity contribution in [1.29, 1.82) is 0 Å². The third-order valence-corrected chi connectivity index (χ3v) is 7.68. The summed E-state index contributed by atoms with van der Waals surface area (Å²) >= 11 is 6.07. The van der Waals surface area contributed by atoms with Crippen molar-refractivity contribution in [1.82, 2.24) is 4.31 Å². The second-order valence-corrected chi connectivity index (χ2v) is 10.0. The van der Waals surface area contributed by atoms with Crippen molar-refractivity contribution in [2.24, 2.45) is 5.14 Å². The molecule has 142 valence electrons. The molecule has 0 radical (unpaired) electrons. The molecule has 1 aromatic rings. The van der Waals surface area contributed by atoms with Gasteiger partial charge in [-0.1, -0.05) is 11.6 Å². The summed E-state index contributed by atoms with van der Waals surface area (Å²) in [5.74, 6) is -0.310. The molecule has 0 saturated carbocycles. The largest absolute Gasteiger partial charge is 0.367 e. The smallest absolute Gasteiger partial charge is 0.278 e. The lowest BCUT2D eigenvalue weighted by Crippen LogP contribution is -2.47. The zero-order chi connectivity index (χ0) is 19.2. The molecule has 0 aromatic heterocycles. The highest BCUT2D eigenvalue weighted by Crippen LogP contribution is 2.37. The number of rotatable bonds is 5. The number of thioether (sulfide) groups is 1. The van der Waals surface area contributed by atoms with Crippen LogP contribution in [0.15, 0.2) is 21.9 Å². The molecule has 0 fully saturated rings. The van der Waals surface area contributed by atoms with Gasteiger partial charge >= 0.3 is 0 Å². The van der Waals surface area contributed by atoms with Crippen LogP contribution in [0.2, 0.25) is 5.02 Å². The van der Waals surface area contributed by atoms with E-state index < -0.39 is 47.9 Å². The summed E-state index contributed by atoms with van der Waals surface area (Å²) in [6.07, 6.45) is -4.23. The topological polar surface area (TPSA) is 110 Å². The highest BCUT2D eigenvalue weighted by molar-refractivity contribution is 7.99. The molecule has 7 nitrogen and oxygen atoms in total. The van der Waals surface area contributed by atoms with Crippen molar-refractivity contribution in [3.8, 4) is 0 Å². The third-order valence-electron chi connectivity index (χ3n) is 3.37. The summed E-state index contributed by atoms with van der Waals surface area (Å²) in [7, 11) is -7.28. The number of halogens is 4. The van der Waals surface area contributed by atoms with Crippen molar-refractivity contribution in [2.45, 2.75) is 27.9 Å². The Morgan fingerprint density at radius 3 is 2.52 bits per heavy atom. The minimum Gasteiger partial charge on any atom is -0.367 e. The van der Waals surface area contributed by atoms with Crippen LogP contribution in [0.25, 0.3) is 0 Å². The molecule has 3 N–H and O–H groups in total. The lowest BCUT2D eigenvalue weighted by Gasteiger charge is -2.35. The molecule has 2 rings (SSSR count). The number of anilines is 1. The number of hydrogen-bond donors (Lipinski definition) is 2. The van der Waals surface area contributed by atoms with Gasteiger partial charge in [-0.25, -0.2) is 35.1 Å². The Labute approximate surface area is 151 Å². The van der Waals surface area contributed by atoms with Crippen LogP contribution in [0, 0.1) is 0 Å². The fourth-order valence-electron chi connectivity index (χ4n) is 2.07. The first kappa shape index (κ1) is 20.6. The minimum absolute atomic E-state index is 0.0337. The molecule has 1 heterocycles. The van der Waals surface area contributed by atoms with Crippen LogP contribution in [0.5, 0.6) is 0 Å². The molecular weight excluding hydrogens is 427 g/mol. The van der Waals surface area contributed by atoms with Crippen molar-refractivity contribution >= 4 is 49.1 Å². The third kappa shape index (κ3) is 4.17. The first-order valence-corrected chi connectivity index (χ1v) is 10.9. The van der Waals surface area contributed by atoms with Gasteiger partial charge in [0.25, 0.3) is 6.43 Å². The maximum atomic E-state index is 13.1. The van der Waals surface area contributed by atoms with Gasteiger partial charge in [0, 0.05) is 12.8 Å². The maximum Gasteiger partial charge on any atom is 0.278 e. The summed E-state index contributed by atoms with van der Waals surface area (Å²) in [6, 6.07) is 1.87. The van der Waals surface area contributed by atoms with Gasteiger partial charge in [0.2, 0.25) is 25.6 Å². The molecule has 1 aromatic carbocycles. The molecule has 2 unspecified atom stereocenters. The zero-order valence-electron chi connectivity index (χ0n) is 12.5. The Hall–Kier alpha value is -0.730. The number of fused-ring (bicyclic) bond motifs is 1. The average Bonchev–Trinajstić information content (AvgIpc) is 2.47. The van der Waals surface area contributed by atoms with E-state index in [1.807, 2.05) is 0 Å². The van der Waals surface area contributed by atoms with Crippen molar-refractivity contribution in [3.05, 3.63) is 17.2 Å². The standard InChI is InChI=1S/C11H13ClF3N3O4S3/c1-18-9(4-23-11(15)10(13)14)17-6-2-5(12)7(24(16,19)20)3-8(6)25(18,21)22/h2-3,9-11,17H,4H2,1H3,(H2,16,19,20). The van der Waals surface area contributed by atoms with Gasteiger partial charge in [-0.3, -0.25) is 0 Å². The summed E-state index contributed by atoms with van der Waals surface area (Å²) in [5.41, 5.74) is -2.50. The Kier molecular flexibility index (Phi) is 5.86. The maximum absolute atomic E-state index is 13.1. The molecule has 1 aliphatic rings. The summed E-state index contributed by atoms with van der Waals surface area (Å²) < 4.78 is 86.4. The van der Waals surface area contributed by atoms with E-state index in [-0.39, 0.29) is 28.2 Å². The highest BCUT2D eigenvalue weighted by Gasteiger charge is 2.37. The predicted octanol–water partition coefficient (Wildman–Crippen LogP) is 1.65. The molecule has 0 amide bonds. The van der Waals surface area contributed by atoms with Crippen molar-refractivity contribution in [2.75, 3.05) is 18.1 Å². The fourth-order valence-corrected chi connectivity index (χ4v) is 5.60. The molecule has 0 spiro atoms. The molecule has 1 aliphatic heterocycles. The molecule has 25 heavy (non-hydrogen) atoms. The van der Waals surface area contributed by atoms with Gasteiger partial charge in [-0.05, 0) is 12.1 Å². The summed E-state index contributed by atoms with van der Waals surface area (Å²) in [6.45, 7) is 0. The fraction of sp³-hybridized carbons (Fsp3) is 0.455. The normalized spacial score (nSPS) is 21.6. The number of primary sulfonamides is 1. The number of benzene rings is 1. The number of sulfonamides is 2. The quantitative estimate of drug-likeness (QED) is 0.722. The number of hydrogen-bond acceptors (Lipinski definition) is 6. The van der Waals surface area contributed by atoms with Gasteiger partial charge in [0.05, 0.1) is 10.7 Å². The number of nitrogens with zero attached hydrogens (tertiary/aromatic N) is 1. The zero-order valence-corrected chi connectivity index (χ0v) is 15.7. The second kappa shape index (κ2) is 7.12. The van der Waals surface area contributed by atoms with Gasteiger partial charge in [-0.15, -0.1) is 11.8 Å². The van der Waals surface area contributed by atoms with Gasteiger partial charge in [0.15, 0.2) is 0 Å². The highest BCUT2D eigenvalue weighted by atomic mass is 35.5. The molecule has 0 aliphatic carbocycles. The number of alkyl halides is 3. The molecule has 2 atom stereocenters. The summed E-state index contributed by atoms with van der Waals surface area (Å²) in [4.78, 5) is -0.962. The van der Waals surface area contributed by atoms with Gasteiger partial charge in [0.1, 0.15) is 16.0 Å². The van der Waals surface area contributed by atoms with E-state index >= 15 is 0 Å². The Bertz CT molecular complexity index is 882. The van der Waals surface area contributed by atoms with E-state index in [1.54, 1.807) is 0 Å².